The van der Waals surface area contributed by atoms with Gasteiger partial charge in [0.15, 0.2) is 23.3 Å². The SMILES string of the molecule is C=C(S)c1c(F)c(F)c(F)c(F)c1F. The highest BCUT2D eigenvalue weighted by Gasteiger charge is 2.25. The molecule has 1 aromatic carbocycles. The minimum atomic E-state index is -2.20. The van der Waals surface area contributed by atoms with Gasteiger partial charge in [-0.3, -0.25) is 0 Å². The molecule has 6 heteroatoms. The summed E-state index contributed by atoms with van der Waals surface area (Å²) in [7, 11) is 0. The monoisotopic (exact) mass is 226 g/mol. The van der Waals surface area contributed by atoms with Gasteiger partial charge in [-0.25, -0.2) is 22.0 Å². The first-order chi connectivity index (χ1) is 6.37. The zero-order chi connectivity index (χ0) is 11.0. The van der Waals surface area contributed by atoms with Gasteiger partial charge in [-0.2, -0.15) is 0 Å². The summed E-state index contributed by atoms with van der Waals surface area (Å²) >= 11 is 3.43. The molecule has 14 heavy (non-hydrogen) atoms. The van der Waals surface area contributed by atoms with Gasteiger partial charge >= 0.3 is 0 Å². The molecule has 0 saturated carbocycles. The summed E-state index contributed by atoms with van der Waals surface area (Å²) in [6, 6.07) is 0. The maximum Gasteiger partial charge on any atom is 0.200 e. The van der Waals surface area contributed by atoms with Gasteiger partial charge in [-0.05, 0) is 0 Å². The number of benzene rings is 1. The normalized spacial score (nSPS) is 10.4. The van der Waals surface area contributed by atoms with Crippen LogP contribution in [0, 0.1) is 29.1 Å². The number of rotatable bonds is 1. The molecule has 0 unspecified atom stereocenters. The fourth-order valence-electron chi connectivity index (χ4n) is 0.858. The summed E-state index contributed by atoms with van der Waals surface area (Å²) in [6.45, 7) is 2.99. The van der Waals surface area contributed by atoms with Crippen molar-refractivity contribution in [3.63, 3.8) is 0 Å². The van der Waals surface area contributed by atoms with Crippen molar-refractivity contribution in [2.75, 3.05) is 0 Å². The Labute approximate surface area is 81.5 Å². The molecule has 0 fully saturated rings. The highest BCUT2D eigenvalue weighted by Crippen LogP contribution is 2.28. The van der Waals surface area contributed by atoms with E-state index in [4.69, 9.17) is 0 Å². The number of halogens is 5. The molecule has 1 rings (SSSR count). The third-order valence-electron chi connectivity index (χ3n) is 1.50. The molecule has 0 aromatic heterocycles. The Kier molecular flexibility index (Phi) is 2.84. The second kappa shape index (κ2) is 3.61. The van der Waals surface area contributed by atoms with Crippen molar-refractivity contribution in [1.82, 2.24) is 0 Å². The largest absolute Gasteiger partial charge is 0.203 e. The molecule has 0 saturated heterocycles. The third-order valence-corrected chi connectivity index (χ3v) is 1.72. The van der Waals surface area contributed by atoms with E-state index in [1.807, 2.05) is 0 Å². The molecular weight excluding hydrogens is 223 g/mol. The van der Waals surface area contributed by atoms with Crippen LogP contribution < -0.4 is 0 Å². The minimum Gasteiger partial charge on any atom is -0.203 e. The van der Waals surface area contributed by atoms with Crippen LogP contribution in [0.15, 0.2) is 6.58 Å². The van der Waals surface area contributed by atoms with E-state index in [9.17, 15) is 22.0 Å². The first-order valence-electron chi connectivity index (χ1n) is 3.27. The second-order valence-corrected chi connectivity index (χ2v) is 2.93. The highest BCUT2D eigenvalue weighted by atomic mass is 32.1. The lowest BCUT2D eigenvalue weighted by atomic mass is 10.1. The Morgan fingerprint density at radius 3 is 1.36 bits per heavy atom. The Bertz CT molecular complexity index is 384. The summed E-state index contributed by atoms with van der Waals surface area (Å²) < 4.78 is 63.2. The molecule has 1 aromatic rings. The molecule has 0 nitrogen and oxygen atoms in total. The molecule has 0 spiro atoms. The Morgan fingerprint density at radius 1 is 0.786 bits per heavy atom. The zero-order valence-electron chi connectivity index (χ0n) is 6.54. The van der Waals surface area contributed by atoms with Crippen LogP contribution in [0.5, 0.6) is 0 Å². The lowest BCUT2D eigenvalue weighted by molar-refractivity contribution is 0.376. The van der Waals surface area contributed by atoms with E-state index >= 15 is 0 Å². The van der Waals surface area contributed by atoms with Crippen LogP contribution >= 0.6 is 12.6 Å². The minimum absolute atomic E-state index is 0.530. The molecule has 0 aliphatic heterocycles. The van der Waals surface area contributed by atoms with Crippen LogP contribution in [-0.4, -0.2) is 0 Å². The average Bonchev–Trinajstić information content (AvgIpc) is 2.11. The lowest BCUT2D eigenvalue weighted by Crippen LogP contribution is -2.04. The summed E-state index contributed by atoms with van der Waals surface area (Å²) in [5, 5.41) is 0. The van der Waals surface area contributed by atoms with Gasteiger partial charge in [0.2, 0.25) is 5.82 Å². The van der Waals surface area contributed by atoms with E-state index in [0.717, 1.165) is 0 Å². The van der Waals surface area contributed by atoms with Crippen molar-refractivity contribution >= 4 is 17.5 Å². The van der Waals surface area contributed by atoms with Crippen LogP contribution in [0.2, 0.25) is 0 Å². The fraction of sp³-hybridized carbons (Fsp3) is 0. The van der Waals surface area contributed by atoms with Crippen molar-refractivity contribution in [3.8, 4) is 0 Å². The number of hydrogen-bond acceptors (Lipinski definition) is 1. The Hall–Kier alpha value is -1.04. The molecule has 0 aliphatic rings. The Morgan fingerprint density at radius 2 is 1.07 bits per heavy atom. The van der Waals surface area contributed by atoms with Crippen molar-refractivity contribution in [2.24, 2.45) is 0 Å². The van der Waals surface area contributed by atoms with Gasteiger partial charge in [0.25, 0.3) is 0 Å². The first-order valence-corrected chi connectivity index (χ1v) is 3.72. The Balaban J connectivity index is 3.68. The van der Waals surface area contributed by atoms with Crippen molar-refractivity contribution in [2.45, 2.75) is 0 Å². The summed E-state index contributed by atoms with van der Waals surface area (Å²) in [5.41, 5.74) is -1.11. The van der Waals surface area contributed by atoms with Gasteiger partial charge in [-0.15, -0.1) is 12.6 Å². The fourth-order valence-corrected chi connectivity index (χ4v) is 1.05. The quantitative estimate of drug-likeness (QED) is 0.323. The maximum atomic E-state index is 12.8. The molecule has 0 bridgehead atoms. The number of thiol groups is 1. The van der Waals surface area contributed by atoms with Crippen LogP contribution in [0.25, 0.3) is 4.91 Å². The smallest absolute Gasteiger partial charge is 0.200 e. The molecule has 0 amide bonds. The third kappa shape index (κ3) is 1.50. The highest BCUT2D eigenvalue weighted by molar-refractivity contribution is 7.90. The van der Waals surface area contributed by atoms with E-state index in [1.165, 1.54) is 0 Å². The molecule has 0 radical (unpaired) electrons. The molecule has 0 heterocycles. The predicted octanol–water partition coefficient (Wildman–Crippen LogP) is 3.28. The topological polar surface area (TPSA) is 0 Å². The van der Waals surface area contributed by atoms with Gasteiger partial charge in [-0.1, -0.05) is 6.58 Å². The zero-order valence-corrected chi connectivity index (χ0v) is 7.44. The lowest BCUT2D eigenvalue weighted by Gasteiger charge is -2.06. The maximum absolute atomic E-state index is 12.8. The first kappa shape index (κ1) is 11.0. The summed E-state index contributed by atoms with van der Waals surface area (Å²) in [6.07, 6.45) is 0. The standard InChI is InChI=1S/C8H3F5S/c1-2(14)3-4(9)6(11)8(13)7(12)5(3)10/h14H,1H2. The summed E-state index contributed by atoms with van der Waals surface area (Å²) in [4.78, 5) is -0.530. The van der Waals surface area contributed by atoms with E-state index in [-0.39, 0.29) is 0 Å². The average molecular weight is 226 g/mol. The van der Waals surface area contributed by atoms with Gasteiger partial charge in [0.1, 0.15) is 0 Å². The van der Waals surface area contributed by atoms with Crippen molar-refractivity contribution in [3.05, 3.63) is 41.2 Å². The van der Waals surface area contributed by atoms with E-state index in [2.05, 4.69) is 19.2 Å². The van der Waals surface area contributed by atoms with Crippen molar-refractivity contribution in [1.29, 1.82) is 0 Å². The van der Waals surface area contributed by atoms with Crippen LogP contribution in [0.1, 0.15) is 5.56 Å². The van der Waals surface area contributed by atoms with Gasteiger partial charge in [0, 0.05) is 4.91 Å². The second-order valence-electron chi connectivity index (χ2n) is 2.39. The molecular formula is C8H3F5S. The summed E-state index contributed by atoms with van der Waals surface area (Å²) in [5.74, 6) is -10.1. The van der Waals surface area contributed by atoms with Crippen LogP contribution in [0.4, 0.5) is 22.0 Å². The molecule has 0 aliphatic carbocycles. The molecule has 76 valence electrons. The van der Waals surface area contributed by atoms with E-state index in [1.54, 1.807) is 0 Å². The van der Waals surface area contributed by atoms with Gasteiger partial charge < -0.3 is 0 Å². The van der Waals surface area contributed by atoms with E-state index < -0.39 is 39.6 Å². The van der Waals surface area contributed by atoms with Crippen LogP contribution in [-0.2, 0) is 0 Å². The number of hydrogen-bond donors (Lipinski definition) is 1. The predicted molar refractivity (Wildman–Crippen MR) is 44.3 cm³/mol. The van der Waals surface area contributed by atoms with Gasteiger partial charge in [0.05, 0.1) is 5.56 Å². The van der Waals surface area contributed by atoms with Crippen LogP contribution in [0.3, 0.4) is 0 Å². The molecule has 0 atom stereocenters. The molecule has 0 N–H and O–H groups in total. The van der Waals surface area contributed by atoms with E-state index in [0.29, 0.717) is 0 Å². The van der Waals surface area contributed by atoms with Crippen molar-refractivity contribution < 1.29 is 22.0 Å².